The Hall–Kier alpha value is -4.53. The van der Waals surface area contributed by atoms with Crippen LogP contribution in [0.4, 0.5) is 0 Å². The second-order valence-electron chi connectivity index (χ2n) is 11.3. The highest BCUT2D eigenvalue weighted by Crippen LogP contribution is 2.26. The summed E-state index contributed by atoms with van der Waals surface area (Å²) in [6.45, 7) is 7.42. The maximum Gasteiger partial charge on any atom is 0.310 e. The maximum absolute atomic E-state index is 13.7. The lowest BCUT2D eigenvalue weighted by Crippen LogP contribution is -2.47. The van der Waals surface area contributed by atoms with E-state index in [1.54, 1.807) is 12.2 Å². The number of aliphatic hydroxyl groups is 1. The number of nitrogens with one attached hydrogen (secondary N) is 2. The molecule has 0 saturated heterocycles. The quantitative estimate of drug-likeness (QED) is 0.118. The Morgan fingerprint density at radius 1 is 0.783 bits per heavy atom. The molecule has 2 amide bonds. The fourth-order valence-corrected chi connectivity index (χ4v) is 5.35. The molecule has 0 unspecified atom stereocenters. The number of aliphatic hydroxyl groups excluding tert-OH is 1. The molecule has 3 N–H and O–H groups in total. The van der Waals surface area contributed by atoms with Crippen LogP contribution in [0, 0.1) is 11.8 Å². The van der Waals surface area contributed by atoms with Crippen molar-refractivity contribution in [2.45, 2.75) is 50.3 Å². The van der Waals surface area contributed by atoms with Gasteiger partial charge in [0.25, 0.3) is 0 Å². The average Bonchev–Trinajstić information content (AvgIpc) is 3.07. The second kappa shape index (κ2) is 19.8. The number of carbonyl (C=O) groups excluding carboxylic acids is 3. The zero-order valence-corrected chi connectivity index (χ0v) is 26.6. The monoisotopic (exact) mass is 626 g/mol. The molecule has 8 nitrogen and oxygen atoms in total. The summed E-state index contributed by atoms with van der Waals surface area (Å²) in [5.41, 5.74) is 2.67. The molecule has 0 bridgehead atoms. The van der Waals surface area contributed by atoms with Crippen molar-refractivity contribution in [2.75, 3.05) is 20.3 Å². The van der Waals surface area contributed by atoms with Crippen molar-refractivity contribution in [3.63, 3.8) is 0 Å². The number of rotatable bonds is 20. The van der Waals surface area contributed by atoms with Gasteiger partial charge in [-0.25, -0.2) is 0 Å². The van der Waals surface area contributed by atoms with Crippen LogP contribution in [0.5, 0.6) is 0 Å². The Kier molecular flexibility index (Phi) is 15.4. The topological polar surface area (TPSA) is 114 Å². The van der Waals surface area contributed by atoms with E-state index < -0.39 is 41.9 Å². The molecule has 0 aromatic heterocycles. The molecule has 5 atom stereocenters. The molecule has 0 radical (unpaired) electrons. The van der Waals surface area contributed by atoms with Crippen molar-refractivity contribution in [1.82, 2.24) is 10.6 Å². The Morgan fingerprint density at radius 2 is 1.33 bits per heavy atom. The Labute approximate surface area is 272 Å². The van der Waals surface area contributed by atoms with Crippen LogP contribution in [0.25, 0.3) is 0 Å². The SMILES string of the molecule is C=CC[C@H](CC(=O)N[C@@H](CO)Cc1ccccc1)C(=O)N[C@@H](COC)[C@@H](OC(=O)[C@H](CC=C)Cc1ccccc1)c1ccccc1. The molecule has 0 aliphatic carbocycles. The van der Waals surface area contributed by atoms with Gasteiger partial charge < -0.3 is 25.2 Å². The molecule has 3 aromatic rings. The first-order valence-corrected chi connectivity index (χ1v) is 15.6. The summed E-state index contributed by atoms with van der Waals surface area (Å²) in [4.78, 5) is 40.4. The Morgan fingerprint density at radius 3 is 1.87 bits per heavy atom. The maximum atomic E-state index is 13.7. The lowest BCUT2D eigenvalue weighted by atomic mass is 9.95. The summed E-state index contributed by atoms with van der Waals surface area (Å²) in [7, 11) is 1.51. The first kappa shape index (κ1) is 35.9. The third-order valence-corrected chi connectivity index (χ3v) is 7.68. The van der Waals surface area contributed by atoms with Gasteiger partial charge in [-0.05, 0) is 42.4 Å². The molecule has 0 aliphatic rings. The van der Waals surface area contributed by atoms with Crippen LogP contribution < -0.4 is 10.6 Å². The molecule has 3 aromatic carbocycles. The molecule has 0 saturated carbocycles. The van der Waals surface area contributed by atoms with E-state index in [-0.39, 0.29) is 32.0 Å². The van der Waals surface area contributed by atoms with Crippen molar-refractivity contribution in [1.29, 1.82) is 0 Å². The standard InChI is InChI=1S/C38H46N2O6/c1-4-15-31(25-35(42)39-33(26-41)24-29-19-11-7-12-20-29)37(43)40-34(27-45-3)36(30-21-13-8-14-22-30)46-38(44)32(16-5-2)23-28-17-9-6-10-18-28/h4-14,17-22,31-34,36,41H,1-2,15-16,23-27H2,3H3,(H,39,42)(H,40,43)/t31-,32-,33-,34+,36+/m1/s1. The van der Waals surface area contributed by atoms with E-state index in [1.165, 1.54) is 7.11 Å². The number of amides is 2. The number of hydrogen-bond donors (Lipinski definition) is 3. The van der Waals surface area contributed by atoms with Crippen LogP contribution >= 0.6 is 0 Å². The highest BCUT2D eigenvalue weighted by atomic mass is 16.5. The molecule has 0 heterocycles. The Balaban J connectivity index is 1.77. The first-order chi connectivity index (χ1) is 22.4. The van der Waals surface area contributed by atoms with Crippen molar-refractivity contribution >= 4 is 17.8 Å². The minimum absolute atomic E-state index is 0.0556. The summed E-state index contributed by atoms with van der Waals surface area (Å²) in [5.74, 6) is -2.39. The van der Waals surface area contributed by atoms with E-state index in [9.17, 15) is 19.5 Å². The summed E-state index contributed by atoms with van der Waals surface area (Å²) < 4.78 is 11.7. The number of ether oxygens (including phenoxy) is 2. The highest BCUT2D eigenvalue weighted by Gasteiger charge is 2.33. The molecular weight excluding hydrogens is 580 g/mol. The fourth-order valence-electron chi connectivity index (χ4n) is 5.35. The molecule has 46 heavy (non-hydrogen) atoms. The van der Waals surface area contributed by atoms with Gasteiger partial charge in [0.05, 0.1) is 37.1 Å². The average molecular weight is 627 g/mol. The number of esters is 1. The van der Waals surface area contributed by atoms with Crippen LogP contribution in [0.1, 0.15) is 42.1 Å². The smallest absolute Gasteiger partial charge is 0.310 e. The third-order valence-electron chi connectivity index (χ3n) is 7.68. The predicted molar refractivity (Wildman–Crippen MR) is 180 cm³/mol. The number of methoxy groups -OCH3 is 1. The van der Waals surface area contributed by atoms with E-state index in [0.29, 0.717) is 24.8 Å². The number of hydrogen-bond acceptors (Lipinski definition) is 6. The third kappa shape index (κ3) is 11.8. The van der Waals surface area contributed by atoms with Gasteiger partial charge in [-0.15, -0.1) is 13.2 Å². The normalized spacial score (nSPS) is 14.1. The molecule has 0 spiro atoms. The van der Waals surface area contributed by atoms with Crippen molar-refractivity contribution in [2.24, 2.45) is 11.8 Å². The second-order valence-corrected chi connectivity index (χ2v) is 11.3. The molecule has 244 valence electrons. The lowest BCUT2D eigenvalue weighted by molar-refractivity contribution is -0.158. The van der Waals surface area contributed by atoms with Gasteiger partial charge in [-0.1, -0.05) is 103 Å². The van der Waals surface area contributed by atoms with Gasteiger partial charge in [0.15, 0.2) is 0 Å². The zero-order chi connectivity index (χ0) is 33.1. The lowest BCUT2D eigenvalue weighted by Gasteiger charge is -2.30. The summed E-state index contributed by atoms with van der Waals surface area (Å²) >= 11 is 0. The van der Waals surface area contributed by atoms with Crippen LogP contribution in [-0.4, -0.2) is 55.3 Å². The minimum atomic E-state index is -0.858. The first-order valence-electron chi connectivity index (χ1n) is 15.6. The van der Waals surface area contributed by atoms with E-state index in [0.717, 1.165) is 11.1 Å². The van der Waals surface area contributed by atoms with Gasteiger partial charge in [-0.3, -0.25) is 14.4 Å². The highest BCUT2D eigenvalue weighted by molar-refractivity contribution is 5.86. The Bertz CT molecular complexity index is 1370. The molecule has 0 fully saturated rings. The van der Waals surface area contributed by atoms with Crippen molar-refractivity contribution in [3.8, 4) is 0 Å². The summed E-state index contributed by atoms with van der Waals surface area (Å²) in [6.07, 6.45) is 3.92. The van der Waals surface area contributed by atoms with Gasteiger partial charge in [0, 0.05) is 13.5 Å². The minimum Gasteiger partial charge on any atom is -0.455 e. The van der Waals surface area contributed by atoms with E-state index in [1.807, 2.05) is 91.0 Å². The van der Waals surface area contributed by atoms with Crippen LogP contribution in [0.3, 0.4) is 0 Å². The van der Waals surface area contributed by atoms with E-state index in [4.69, 9.17) is 9.47 Å². The van der Waals surface area contributed by atoms with E-state index in [2.05, 4.69) is 23.8 Å². The molecular formula is C38H46N2O6. The van der Waals surface area contributed by atoms with Crippen LogP contribution in [0.2, 0.25) is 0 Å². The number of benzene rings is 3. The van der Waals surface area contributed by atoms with Crippen LogP contribution in [-0.2, 0) is 36.7 Å². The fraction of sp³-hybridized carbons (Fsp3) is 0.342. The number of allylic oxidation sites excluding steroid dienone is 2. The van der Waals surface area contributed by atoms with Crippen molar-refractivity contribution < 1.29 is 29.0 Å². The van der Waals surface area contributed by atoms with Gasteiger partial charge in [-0.2, -0.15) is 0 Å². The largest absolute Gasteiger partial charge is 0.455 e. The van der Waals surface area contributed by atoms with Gasteiger partial charge in [0.2, 0.25) is 11.8 Å². The zero-order valence-electron chi connectivity index (χ0n) is 26.6. The molecule has 3 rings (SSSR count). The predicted octanol–water partition coefficient (Wildman–Crippen LogP) is 5.14. The van der Waals surface area contributed by atoms with Crippen LogP contribution in [0.15, 0.2) is 116 Å². The summed E-state index contributed by atoms with van der Waals surface area (Å²) in [5, 5.41) is 15.7. The van der Waals surface area contributed by atoms with Crippen molar-refractivity contribution in [3.05, 3.63) is 133 Å². The van der Waals surface area contributed by atoms with Gasteiger partial charge >= 0.3 is 5.97 Å². The molecule has 8 heteroatoms. The number of carbonyl (C=O) groups is 3. The summed E-state index contributed by atoms with van der Waals surface area (Å²) in [6, 6.07) is 27.2. The van der Waals surface area contributed by atoms with E-state index >= 15 is 0 Å². The van der Waals surface area contributed by atoms with Gasteiger partial charge in [0.1, 0.15) is 6.10 Å². The molecule has 0 aliphatic heterocycles.